The van der Waals surface area contributed by atoms with Crippen LogP contribution >= 0.6 is 0 Å². The van der Waals surface area contributed by atoms with E-state index in [0.717, 1.165) is 11.3 Å². The fraction of sp³-hybridized carbons (Fsp3) is 0.0909. The normalized spacial score (nSPS) is 10.9. The number of nitrogen functional groups attached to an aromatic ring is 1. The molecule has 0 bridgehead atoms. The molecule has 0 spiro atoms. The Morgan fingerprint density at radius 2 is 2.12 bits per heavy atom. The van der Waals surface area contributed by atoms with E-state index in [9.17, 15) is 0 Å². The maximum atomic E-state index is 5.75. The Morgan fingerprint density at radius 1 is 1.24 bits per heavy atom. The second-order valence-corrected chi connectivity index (χ2v) is 3.68. The lowest BCUT2D eigenvalue weighted by atomic mass is 10.2. The van der Waals surface area contributed by atoms with Gasteiger partial charge in [-0.2, -0.15) is 0 Å². The quantitative estimate of drug-likeness (QED) is 0.652. The number of aromatic amines is 1. The summed E-state index contributed by atoms with van der Waals surface area (Å²) < 4.78 is 0. The topological polar surface area (TPSA) is 93.4 Å². The average Bonchev–Trinajstić information content (AvgIpc) is 2.75. The molecule has 0 aliphatic heterocycles. The lowest BCUT2D eigenvalue weighted by Gasteiger charge is -1.99. The Bertz CT molecular complexity index is 687. The number of hydrogen-bond acceptors (Lipinski definition) is 5. The molecule has 0 amide bonds. The maximum absolute atomic E-state index is 5.75. The molecule has 6 nitrogen and oxygen atoms in total. The van der Waals surface area contributed by atoms with Gasteiger partial charge in [-0.15, -0.1) is 0 Å². The van der Waals surface area contributed by atoms with E-state index in [-0.39, 0.29) is 0 Å². The fourth-order valence-electron chi connectivity index (χ4n) is 1.71. The van der Waals surface area contributed by atoms with Gasteiger partial charge in [-0.05, 0) is 19.1 Å². The summed E-state index contributed by atoms with van der Waals surface area (Å²) in [6.07, 6.45) is 3.15. The Labute approximate surface area is 97.0 Å². The van der Waals surface area contributed by atoms with Gasteiger partial charge in [0.1, 0.15) is 17.7 Å². The van der Waals surface area contributed by atoms with Crippen LogP contribution in [0.2, 0.25) is 0 Å². The van der Waals surface area contributed by atoms with E-state index in [0.29, 0.717) is 22.8 Å². The van der Waals surface area contributed by atoms with Crippen LogP contribution in [0.25, 0.3) is 22.6 Å². The average molecular weight is 226 g/mol. The van der Waals surface area contributed by atoms with Crippen molar-refractivity contribution in [3.8, 4) is 11.4 Å². The van der Waals surface area contributed by atoms with Crippen molar-refractivity contribution in [2.24, 2.45) is 0 Å². The van der Waals surface area contributed by atoms with Crippen LogP contribution in [-0.2, 0) is 0 Å². The molecule has 3 aromatic rings. The van der Waals surface area contributed by atoms with Gasteiger partial charge in [-0.1, -0.05) is 0 Å². The molecule has 3 rings (SSSR count). The van der Waals surface area contributed by atoms with Crippen LogP contribution < -0.4 is 5.73 Å². The van der Waals surface area contributed by atoms with Crippen LogP contribution in [-0.4, -0.2) is 24.9 Å². The summed E-state index contributed by atoms with van der Waals surface area (Å²) in [5, 5.41) is 0. The zero-order valence-corrected chi connectivity index (χ0v) is 9.18. The van der Waals surface area contributed by atoms with Crippen molar-refractivity contribution in [1.82, 2.24) is 24.9 Å². The Morgan fingerprint density at radius 3 is 2.88 bits per heavy atom. The van der Waals surface area contributed by atoms with Crippen molar-refractivity contribution in [1.29, 1.82) is 0 Å². The monoisotopic (exact) mass is 226 g/mol. The molecule has 84 valence electrons. The molecular weight excluding hydrogens is 216 g/mol. The number of nitrogens with two attached hydrogens (primary N) is 1. The zero-order valence-electron chi connectivity index (χ0n) is 9.18. The first-order valence-corrected chi connectivity index (χ1v) is 5.14. The molecule has 0 radical (unpaired) electrons. The smallest absolute Gasteiger partial charge is 0.183 e. The standard InChI is InChI=1S/C11H10N6/c1-6-7(3-2-4-13-6)10-16-8-9(12)14-5-15-11(8)17-10/h2-5H,1H3,(H3,12,14,15,16,17). The molecule has 0 saturated carbocycles. The van der Waals surface area contributed by atoms with Crippen molar-refractivity contribution in [3.05, 3.63) is 30.4 Å². The molecule has 0 aliphatic carbocycles. The molecule has 6 heteroatoms. The van der Waals surface area contributed by atoms with Crippen LogP contribution in [0.5, 0.6) is 0 Å². The highest BCUT2D eigenvalue weighted by Crippen LogP contribution is 2.22. The number of aryl methyl sites for hydroxylation is 1. The maximum Gasteiger partial charge on any atom is 0.183 e. The van der Waals surface area contributed by atoms with Crippen molar-refractivity contribution >= 4 is 17.0 Å². The Hall–Kier alpha value is -2.50. The molecule has 3 N–H and O–H groups in total. The summed E-state index contributed by atoms with van der Waals surface area (Å²) in [6, 6.07) is 3.81. The molecule has 3 aromatic heterocycles. The second kappa shape index (κ2) is 3.51. The fourth-order valence-corrected chi connectivity index (χ4v) is 1.71. The van der Waals surface area contributed by atoms with E-state index in [1.807, 2.05) is 19.1 Å². The van der Waals surface area contributed by atoms with Gasteiger partial charge in [0.15, 0.2) is 11.5 Å². The zero-order chi connectivity index (χ0) is 11.8. The summed E-state index contributed by atoms with van der Waals surface area (Å²) in [4.78, 5) is 19.7. The lowest BCUT2D eigenvalue weighted by molar-refractivity contribution is 1.18. The predicted molar refractivity (Wildman–Crippen MR) is 64.1 cm³/mol. The third-order valence-electron chi connectivity index (χ3n) is 2.58. The van der Waals surface area contributed by atoms with Gasteiger partial charge in [0, 0.05) is 17.5 Å². The third kappa shape index (κ3) is 1.50. The predicted octanol–water partition coefficient (Wildman–Crippen LogP) is 1.31. The summed E-state index contributed by atoms with van der Waals surface area (Å²) >= 11 is 0. The highest BCUT2D eigenvalue weighted by molar-refractivity contribution is 5.84. The molecule has 0 saturated heterocycles. The number of H-pyrrole nitrogens is 1. The number of imidazole rings is 1. The van der Waals surface area contributed by atoms with Gasteiger partial charge in [-0.3, -0.25) is 4.98 Å². The summed E-state index contributed by atoms with van der Waals surface area (Å²) in [6.45, 7) is 1.93. The molecule has 0 atom stereocenters. The van der Waals surface area contributed by atoms with Gasteiger partial charge in [0.25, 0.3) is 0 Å². The SMILES string of the molecule is Cc1ncccc1-c1nc2ncnc(N)c2[nH]1. The first-order chi connectivity index (χ1) is 8.25. The molecule has 0 unspecified atom stereocenters. The Kier molecular flexibility index (Phi) is 2.01. The number of hydrogen-bond donors (Lipinski definition) is 2. The highest BCUT2D eigenvalue weighted by atomic mass is 15.0. The largest absolute Gasteiger partial charge is 0.382 e. The molecule has 0 fully saturated rings. The highest BCUT2D eigenvalue weighted by Gasteiger charge is 2.10. The van der Waals surface area contributed by atoms with Crippen molar-refractivity contribution in [2.75, 3.05) is 5.73 Å². The van der Waals surface area contributed by atoms with Crippen LogP contribution in [0.15, 0.2) is 24.7 Å². The number of aromatic nitrogens is 5. The second-order valence-electron chi connectivity index (χ2n) is 3.68. The third-order valence-corrected chi connectivity index (χ3v) is 2.58. The minimum absolute atomic E-state index is 0.398. The summed E-state index contributed by atoms with van der Waals surface area (Å²) in [7, 11) is 0. The van der Waals surface area contributed by atoms with Crippen LogP contribution in [0.1, 0.15) is 5.69 Å². The Balaban J connectivity index is 2.26. The minimum atomic E-state index is 0.398. The molecular formula is C11H10N6. The number of nitrogens with zero attached hydrogens (tertiary/aromatic N) is 4. The number of fused-ring (bicyclic) bond motifs is 1. The van der Waals surface area contributed by atoms with E-state index in [1.165, 1.54) is 6.33 Å². The van der Waals surface area contributed by atoms with E-state index in [2.05, 4.69) is 24.9 Å². The van der Waals surface area contributed by atoms with Crippen LogP contribution in [0.4, 0.5) is 5.82 Å². The molecule has 3 heterocycles. The van der Waals surface area contributed by atoms with E-state index in [4.69, 9.17) is 5.73 Å². The number of nitrogens with one attached hydrogen (secondary N) is 1. The summed E-state index contributed by atoms with van der Waals surface area (Å²) in [5.74, 6) is 1.10. The summed E-state index contributed by atoms with van der Waals surface area (Å²) in [5.41, 5.74) is 8.81. The van der Waals surface area contributed by atoms with Crippen LogP contribution in [0, 0.1) is 6.92 Å². The van der Waals surface area contributed by atoms with E-state index in [1.54, 1.807) is 6.20 Å². The lowest BCUT2D eigenvalue weighted by Crippen LogP contribution is -1.91. The van der Waals surface area contributed by atoms with Crippen LogP contribution in [0.3, 0.4) is 0 Å². The van der Waals surface area contributed by atoms with Gasteiger partial charge in [0.05, 0.1) is 0 Å². The first kappa shape index (κ1) is 9.71. The number of rotatable bonds is 1. The van der Waals surface area contributed by atoms with Crippen molar-refractivity contribution in [2.45, 2.75) is 6.92 Å². The number of anilines is 1. The van der Waals surface area contributed by atoms with Gasteiger partial charge in [-0.25, -0.2) is 15.0 Å². The van der Waals surface area contributed by atoms with Crippen molar-refractivity contribution < 1.29 is 0 Å². The van der Waals surface area contributed by atoms with Gasteiger partial charge < -0.3 is 10.7 Å². The van der Waals surface area contributed by atoms with Gasteiger partial charge >= 0.3 is 0 Å². The first-order valence-electron chi connectivity index (χ1n) is 5.14. The van der Waals surface area contributed by atoms with E-state index < -0.39 is 0 Å². The van der Waals surface area contributed by atoms with E-state index >= 15 is 0 Å². The molecule has 0 aromatic carbocycles. The molecule has 17 heavy (non-hydrogen) atoms. The number of pyridine rings is 1. The molecule has 0 aliphatic rings. The minimum Gasteiger partial charge on any atom is -0.382 e. The van der Waals surface area contributed by atoms with Crippen molar-refractivity contribution in [3.63, 3.8) is 0 Å². The van der Waals surface area contributed by atoms with Gasteiger partial charge in [0.2, 0.25) is 0 Å².